The zero-order valence-electron chi connectivity index (χ0n) is 13.7. The molecule has 6 nitrogen and oxygen atoms in total. The van der Waals surface area contributed by atoms with E-state index in [0.29, 0.717) is 18.3 Å². The highest BCUT2D eigenvalue weighted by molar-refractivity contribution is 6.02. The number of aliphatic imine (C=N–C) groups is 1. The van der Waals surface area contributed by atoms with E-state index >= 15 is 0 Å². The second-order valence-corrected chi connectivity index (χ2v) is 5.74. The Kier molecular flexibility index (Phi) is 5.15. The Hall–Kier alpha value is -2.76. The number of carbonyl (C=O) groups is 1. The lowest BCUT2D eigenvalue weighted by Crippen LogP contribution is -2.38. The van der Waals surface area contributed by atoms with Crippen LogP contribution < -0.4 is 16.0 Å². The average Bonchev–Trinajstić information content (AvgIpc) is 3.23. The summed E-state index contributed by atoms with van der Waals surface area (Å²) in [6.45, 7) is 3.49. The van der Waals surface area contributed by atoms with Crippen molar-refractivity contribution in [1.82, 2.24) is 10.6 Å². The molecule has 0 spiro atoms. The summed E-state index contributed by atoms with van der Waals surface area (Å²) in [5, 5.41) is 9.43. The van der Waals surface area contributed by atoms with Crippen LogP contribution in [0.2, 0.25) is 0 Å². The lowest BCUT2D eigenvalue weighted by Gasteiger charge is -2.10. The molecule has 1 aromatic carbocycles. The third-order valence-electron chi connectivity index (χ3n) is 3.64. The van der Waals surface area contributed by atoms with Crippen molar-refractivity contribution in [2.24, 2.45) is 4.99 Å². The minimum absolute atomic E-state index is 0.256. The normalized spacial score (nSPS) is 14.3. The van der Waals surface area contributed by atoms with Crippen LogP contribution >= 0.6 is 0 Å². The summed E-state index contributed by atoms with van der Waals surface area (Å²) in [4.78, 5) is 16.5. The van der Waals surface area contributed by atoms with Crippen LogP contribution in [0.15, 0.2) is 52.1 Å². The fourth-order valence-electron chi connectivity index (χ4n) is 2.21. The van der Waals surface area contributed by atoms with E-state index in [0.717, 1.165) is 23.8 Å². The van der Waals surface area contributed by atoms with Gasteiger partial charge in [-0.15, -0.1) is 0 Å². The van der Waals surface area contributed by atoms with Crippen molar-refractivity contribution >= 4 is 17.6 Å². The standard InChI is InChI=1S/C18H22N4O2/c1-2-19-18(22-15-9-10-15)20-12-13-5-7-14(8-6-13)21-17(23)16-4-3-11-24-16/h3-8,11,15H,2,9-10,12H2,1H3,(H,21,23)(H2,19,20,22). The lowest BCUT2D eigenvalue weighted by molar-refractivity contribution is 0.0996. The van der Waals surface area contributed by atoms with E-state index in [-0.39, 0.29) is 5.91 Å². The van der Waals surface area contributed by atoms with E-state index < -0.39 is 0 Å². The Balaban J connectivity index is 1.56. The first-order chi connectivity index (χ1) is 11.7. The van der Waals surface area contributed by atoms with Crippen LogP contribution in [-0.4, -0.2) is 24.5 Å². The fourth-order valence-corrected chi connectivity index (χ4v) is 2.21. The molecule has 1 aromatic heterocycles. The molecule has 0 unspecified atom stereocenters. The van der Waals surface area contributed by atoms with Crippen molar-refractivity contribution in [1.29, 1.82) is 0 Å². The van der Waals surface area contributed by atoms with Gasteiger partial charge in [-0.2, -0.15) is 0 Å². The van der Waals surface area contributed by atoms with Crippen LogP contribution in [0.25, 0.3) is 0 Å². The number of nitrogens with zero attached hydrogens (tertiary/aromatic N) is 1. The molecule has 24 heavy (non-hydrogen) atoms. The maximum Gasteiger partial charge on any atom is 0.291 e. The molecule has 2 aromatic rings. The summed E-state index contributed by atoms with van der Waals surface area (Å²) in [7, 11) is 0. The van der Waals surface area contributed by atoms with E-state index in [9.17, 15) is 4.79 Å². The van der Waals surface area contributed by atoms with Gasteiger partial charge in [-0.05, 0) is 49.6 Å². The molecule has 0 bridgehead atoms. The van der Waals surface area contributed by atoms with E-state index in [1.165, 1.54) is 19.1 Å². The Labute approximate surface area is 141 Å². The van der Waals surface area contributed by atoms with Crippen LogP contribution in [0, 0.1) is 0 Å². The second kappa shape index (κ2) is 7.68. The van der Waals surface area contributed by atoms with E-state index in [2.05, 4.69) is 27.9 Å². The predicted octanol–water partition coefficient (Wildman–Crippen LogP) is 2.75. The van der Waals surface area contributed by atoms with Gasteiger partial charge in [0.2, 0.25) is 0 Å². The van der Waals surface area contributed by atoms with E-state index in [1.54, 1.807) is 12.1 Å². The molecule has 0 atom stereocenters. The molecule has 1 amide bonds. The molecule has 1 aliphatic rings. The zero-order chi connectivity index (χ0) is 16.8. The summed E-state index contributed by atoms with van der Waals surface area (Å²) in [6.07, 6.45) is 3.91. The number of hydrogen-bond acceptors (Lipinski definition) is 3. The number of guanidine groups is 1. The molecule has 3 rings (SSSR count). The molecular formula is C18H22N4O2. The Morgan fingerprint density at radius 1 is 1.25 bits per heavy atom. The summed E-state index contributed by atoms with van der Waals surface area (Å²) < 4.78 is 5.07. The molecule has 0 radical (unpaired) electrons. The summed E-state index contributed by atoms with van der Waals surface area (Å²) in [5.41, 5.74) is 1.81. The highest BCUT2D eigenvalue weighted by Gasteiger charge is 2.21. The summed E-state index contributed by atoms with van der Waals surface area (Å²) >= 11 is 0. The number of anilines is 1. The molecule has 3 N–H and O–H groups in total. The topological polar surface area (TPSA) is 78.7 Å². The summed E-state index contributed by atoms with van der Waals surface area (Å²) in [5.74, 6) is 0.897. The Morgan fingerprint density at radius 2 is 2.04 bits per heavy atom. The van der Waals surface area contributed by atoms with Crippen molar-refractivity contribution in [2.45, 2.75) is 32.4 Å². The molecule has 1 fully saturated rings. The van der Waals surface area contributed by atoms with Crippen LogP contribution in [0.4, 0.5) is 5.69 Å². The van der Waals surface area contributed by atoms with Crippen molar-refractivity contribution < 1.29 is 9.21 Å². The van der Waals surface area contributed by atoms with Gasteiger partial charge in [0.25, 0.3) is 5.91 Å². The van der Waals surface area contributed by atoms with Crippen molar-refractivity contribution in [3.63, 3.8) is 0 Å². The largest absolute Gasteiger partial charge is 0.459 e. The van der Waals surface area contributed by atoms with Crippen molar-refractivity contribution in [3.8, 4) is 0 Å². The van der Waals surface area contributed by atoms with Gasteiger partial charge in [-0.1, -0.05) is 12.1 Å². The highest BCUT2D eigenvalue weighted by atomic mass is 16.3. The number of hydrogen-bond donors (Lipinski definition) is 3. The highest BCUT2D eigenvalue weighted by Crippen LogP contribution is 2.18. The summed E-state index contributed by atoms with van der Waals surface area (Å²) in [6, 6.07) is 11.5. The number of carbonyl (C=O) groups excluding carboxylic acids is 1. The molecule has 1 heterocycles. The monoisotopic (exact) mass is 326 g/mol. The number of benzene rings is 1. The van der Waals surface area contributed by atoms with Gasteiger partial charge in [0.15, 0.2) is 11.7 Å². The Morgan fingerprint density at radius 3 is 2.67 bits per heavy atom. The maximum atomic E-state index is 11.9. The maximum absolute atomic E-state index is 11.9. The van der Waals surface area contributed by atoms with Crippen molar-refractivity contribution in [2.75, 3.05) is 11.9 Å². The van der Waals surface area contributed by atoms with Gasteiger partial charge in [-0.3, -0.25) is 4.79 Å². The lowest BCUT2D eigenvalue weighted by atomic mass is 10.2. The molecule has 1 saturated carbocycles. The first kappa shape index (κ1) is 16.1. The minimum Gasteiger partial charge on any atom is -0.459 e. The first-order valence-corrected chi connectivity index (χ1v) is 8.23. The average molecular weight is 326 g/mol. The van der Waals surface area contributed by atoms with Gasteiger partial charge >= 0.3 is 0 Å². The van der Waals surface area contributed by atoms with Crippen LogP contribution in [0.5, 0.6) is 0 Å². The molecule has 6 heteroatoms. The molecule has 0 saturated heterocycles. The van der Waals surface area contributed by atoms with Gasteiger partial charge in [0, 0.05) is 18.3 Å². The van der Waals surface area contributed by atoms with Gasteiger partial charge in [-0.25, -0.2) is 4.99 Å². The zero-order valence-corrected chi connectivity index (χ0v) is 13.7. The number of furan rings is 1. The van der Waals surface area contributed by atoms with Crippen molar-refractivity contribution in [3.05, 3.63) is 54.0 Å². The molecule has 1 aliphatic carbocycles. The quantitative estimate of drug-likeness (QED) is 0.563. The molecule has 126 valence electrons. The minimum atomic E-state index is -0.256. The fraction of sp³-hybridized carbons (Fsp3) is 0.333. The van der Waals surface area contributed by atoms with E-state index in [1.807, 2.05) is 24.3 Å². The van der Waals surface area contributed by atoms with Gasteiger partial charge in [0.1, 0.15) is 0 Å². The van der Waals surface area contributed by atoms with E-state index in [4.69, 9.17) is 4.42 Å². The smallest absolute Gasteiger partial charge is 0.291 e. The van der Waals surface area contributed by atoms with Crippen LogP contribution in [0.1, 0.15) is 35.9 Å². The Bertz CT molecular complexity index is 688. The number of amides is 1. The second-order valence-electron chi connectivity index (χ2n) is 5.74. The van der Waals surface area contributed by atoms with Crippen LogP contribution in [0.3, 0.4) is 0 Å². The third kappa shape index (κ3) is 4.62. The predicted molar refractivity (Wildman–Crippen MR) is 94.1 cm³/mol. The van der Waals surface area contributed by atoms with Crippen LogP contribution in [-0.2, 0) is 6.54 Å². The SMILES string of the molecule is CCNC(=NCc1ccc(NC(=O)c2ccco2)cc1)NC1CC1. The molecular weight excluding hydrogens is 304 g/mol. The molecule has 0 aliphatic heterocycles. The first-order valence-electron chi connectivity index (χ1n) is 8.23. The van der Waals surface area contributed by atoms with Gasteiger partial charge < -0.3 is 20.4 Å². The number of rotatable bonds is 6. The van der Waals surface area contributed by atoms with Gasteiger partial charge in [0.05, 0.1) is 12.8 Å². The third-order valence-corrected chi connectivity index (χ3v) is 3.64. The number of nitrogens with one attached hydrogen (secondary N) is 3.